The van der Waals surface area contributed by atoms with E-state index < -0.39 is 38.3 Å². The van der Waals surface area contributed by atoms with Gasteiger partial charge in [-0.15, -0.1) is 0 Å². The van der Waals surface area contributed by atoms with Gasteiger partial charge in [-0.25, -0.2) is 27.2 Å². The molecule has 1 aromatic heterocycles. The highest BCUT2D eigenvalue weighted by atomic mass is 32.2. The van der Waals surface area contributed by atoms with Crippen LogP contribution < -0.4 is 9.62 Å². The molecular weight excluding hydrogens is 565 g/mol. The number of hydrogen-bond acceptors (Lipinski definition) is 6. The van der Waals surface area contributed by atoms with Crippen molar-refractivity contribution in [2.24, 2.45) is 5.92 Å². The number of alkyl halides is 3. The Morgan fingerprint density at radius 1 is 1.07 bits per heavy atom. The maximum Gasteiger partial charge on any atom is 0.416 e. The second kappa shape index (κ2) is 10.8. The highest BCUT2D eigenvalue weighted by molar-refractivity contribution is 7.92. The second-order valence-electron chi connectivity index (χ2n) is 11.0. The lowest BCUT2D eigenvalue weighted by Gasteiger charge is -2.57. The minimum Gasteiger partial charge on any atom is -0.369 e. The zero-order valence-electron chi connectivity index (χ0n) is 22.5. The summed E-state index contributed by atoms with van der Waals surface area (Å²) < 4.78 is 97.6. The number of benzene rings is 2. The molecule has 1 aliphatic carbocycles. The topological polar surface area (TPSA) is 78.4 Å². The van der Waals surface area contributed by atoms with Crippen LogP contribution in [0.25, 0.3) is 0 Å². The Morgan fingerprint density at radius 3 is 2.39 bits per heavy atom. The van der Waals surface area contributed by atoms with Crippen molar-refractivity contribution in [1.82, 2.24) is 14.9 Å². The van der Waals surface area contributed by atoms with Gasteiger partial charge in [-0.05, 0) is 81.4 Å². The van der Waals surface area contributed by atoms with Gasteiger partial charge in [0, 0.05) is 30.5 Å². The molecule has 2 aromatic carbocycles. The van der Waals surface area contributed by atoms with Crippen LogP contribution in [0, 0.1) is 17.6 Å². The van der Waals surface area contributed by atoms with Gasteiger partial charge in [-0.3, -0.25) is 4.72 Å². The van der Waals surface area contributed by atoms with Crippen LogP contribution in [-0.2, 0) is 16.2 Å². The van der Waals surface area contributed by atoms with Crippen LogP contribution in [0.4, 0.5) is 33.5 Å². The Balaban J connectivity index is 1.35. The van der Waals surface area contributed by atoms with E-state index in [0.29, 0.717) is 31.5 Å². The smallest absolute Gasteiger partial charge is 0.369 e. The number of likely N-dealkylation sites (N-methyl/N-ethyl adjacent to an activating group) is 1. The van der Waals surface area contributed by atoms with E-state index in [1.807, 2.05) is 19.0 Å². The van der Waals surface area contributed by atoms with E-state index in [1.165, 1.54) is 24.4 Å². The van der Waals surface area contributed by atoms with E-state index in [0.717, 1.165) is 37.4 Å². The first-order chi connectivity index (χ1) is 19.3. The van der Waals surface area contributed by atoms with Gasteiger partial charge in [0.15, 0.2) is 4.90 Å². The number of aromatic nitrogens is 2. The predicted molar refractivity (Wildman–Crippen MR) is 144 cm³/mol. The van der Waals surface area contributed by atoms with Crippen LogP contribution in [0.2, 0.25) is 0 Å². The van der Waals surface area contributed by atoms with Crippen LogP contribution >= 0.6 is 0 Å². The third-order valence-electron chi connectivity index (χ3n) is 8.41. The van der Waals surface area contributed by atoms with E-state index in [-0.39, 0.29) is 28.9 Å². The molecule has 0 radical (unpaired) electrons. The zero-order valence-corrected chi connectivity index (χ0v) is 23.3. The van der Waals surface area contributed by atoms with Crippen molar-refractivity contribution in [3.05, 3.63) is 77.8 Å². The Kier molecular flexibility index (Phi) is 7.70. The van der Waals surface area contributed by atoms with Gasteiger partial charge in [-0.2, -0.15) is 13.2 Å². The molecule has 2 heterocycles. The van der Waals surface area contributed by atoms with E-state index in [2.05, 4.69) is 19.6 Å². The lowest BCUT2D eigenvalue weighted by Crippen LogP contribution is -2.62. The van der Waals surface area contributed by atoms with E-state index in [9.17, 15) is 21.6 Å². The van der Waals surface area contributed by atoms with Crippen LogP contribution in [-0.4, -0.2) is 56.0 Å². The Morgan fingerprint density at radius 2 is 1.78 bits per heavy atom. The van der Waals surface area contributed by atoms with Crippen LogP contribution in [0.15, 0.2) is 59.9 Å². The summed E-state index contributed by atoms with van der Waals surface area (Å²) >= 11 is 0. The predicted octanol–water partition coefficient (Wildman–Crippen LogP) is 5.67. The third-order valence-corrected chi connectivity index (χ3v) is 9.82. The average Bonchev–Trinajstić information content (AvgIpc) is 2.87. The lowest BCUT2D eigenvalue weighted by molar-refractivity contribution is -0.137. The molecule has 0 spiro atoms. The minimum absolute atomic E-state index is 0.00346. The van der Waals surface area contributed by atoms with E-state index in [4.69, 9.17) is 0 Å². The summed E-state index contributed by atoms with van der Waals surface area (Å²) in [5.41, 5.74) is -0.149. The molecular formula is C28H30F5N5O2S. The quantitative estimate of drug-likeness (QED) is 0.355. The second-order valence-corrected chi connectivity index (χ2v) is 12.6. The molecule has 0 unspecified atom stereocenters. The molecule has 2 fully saturated rings. The molecule has 1 saturated carbocycles. The van der Waals surface area contributed by atoms with Gasteiger partial charge < -0.3 is 9.80 Å². The maximum absolute atomic E-state index is 15.2. The fourth-order valence-corrected chi connectivity index (χ4v) is 7.30. The SMILES string of the molecule is CN(C)[C@@]1(C2CC(c3cccc(C(F)(F)F)c3)C2)CCCN(c2cc(F)c(S(=O)(=O)Nc3ccncn3)c(F)c2)C1. The fourth-order valence-electron chi connectivity index (χ4n) is 6.17. The normalized spacial score (nSPS) is 23.4. The van der Waals surface area contributed by atoms with Crippen molar-refractivity contribution in [2.75, 3.05) is 36.8 Å². The monoisotopic (exact) mass is 595 g/mol. The van der Waals surface area contributed by atoms with Gasteiger partial charge in [-0.1, -0.05) is 18.2 Å². The maximum atomic E-state index is 15.2. The van der Waals surface area contributed by atoms with Crippen molar-refractivity contribution in [3.63, 3.8) is 0 Å². The van der Waals surface area contributed by atoms with Crippen LogP contribution in [0.3, 0.4) is 0 Å². The van der Waals surface area contributed by atoms with Gasteiger partial charge in [0.2, 0.25) is 0 Å². The first kappa shape index (κ1) is 29.2. The largest absolute Gasteiger partial charge is 0.416 e. The van der Waals surface area contributed by atoms with Crippen molar-refractivity contribution < 1.29 is 30.4 Å². The summed E-state index contributed by atoms with van der Waals surface area (Å²) in [6.45, 7) is 0.952. The number of nitrogens with zero attached hydrogens (tertiary/aromatic N) is 4. The summed E-state index contributed by atoms with van der Waals surface area (Å²) in [6, 6.07) is 8.76. The summed E-state index contributed by atoms with van der Waals surface area (Å²) in [4.78, 5) is 10.3. The summed E-state index contributed by atoms with van der Waals surface area (Å²) in [5.74, 6) is -2.42. The van der Waals surface area contributed by atoms with Crippen molar-refractivity contribution in [2.45, 2.75) is 48.2 Å². The first-order valence-corrected chi connectivity index (χ1v) is 14.7. The third kappa shape index (κ3) is 5.74. The molecule has 2 aliphatic rings. The molecule has 5 rings (SSSR count). The molecule has 3 aromatic rings. The van der Waals surface area contributed by atoms with Gasteiger partial charge in [0.25, 0.3) is 10.0 Å². The van der Waals surface area contributed by atoms with Crippen LogP contribution in [0.1, 0.15) is 42.7 Å². The molecule has 1 atom stereocenters. The molecule has 220 valence electrons. The number of piperidine rings is 1. The molecule has 1 saturated heterocycles. The lowest BCUT2D eigenvalue weighted by atomic mass is 9.60. The number of sulfonamides is 1. The van der Waals surface area contributed by atoms with Crippen molar-refractivity contribution in [3.8, 4) is 0 Å². The van der Waals surface area contributed by atoms with Crippen molar-refractivity contribution >= 4 is 21.5 Å². The summed E-state index contributed by atoms with van der Waals surface area (Å²) in [6.07, 6.45) is 0.921. The van der Waals surface area contributed by atoms with Crippen molar-refractivity contribution in [1.29, 1.82) is 0 Å². The van der Waals surface area contributed by atoms with E-state index in [1.54, 1.807) is 6.07 Å². The molecule has 1 aliphatic heterocycles. The number of rotatable bonds is 7. The number of hydrogen-bond donors (Lipinski definition) is 1. The van der Waals surface area contributed by atoms with Crippen LogP contribution in [0.5, 0.6) is 0 Å². The van der Waals surface area contributed by atoms with Gasteiger partial charge >= 0.3 is 6.18 Å². The molecule has 0 bridgehead atoms. The standard InChI is InChI=1S/C28H30F5N5O2S/c1-37(2)27(21-12-19(13-21)18-5-3-6-20(11-18)28(31,32)33)8-4-10-38(16-27)22-14-23(29)26(24(30)15-22)41(39,40)36-25-7-9-34-17-35-25/h3,5-7,9,11,14-15,17,19,21H,4,8,10,12-13,16H2,1-2H3,(H,34,35,36)/t19?,21?,27-/m0/s1. The zero-order chi connectivity index (χ0) is 29.6. The molecule has 1 N–H and O–H groups in total. The number of nitrogens with one attached hydrogen (secondary N) is 1. The highest BCUT2D eigenvalue weighted by Gasteiger charge is 2.50. The highest BCUT2D eigenvalue weighted by Crippen LogP contribution is 2.52. The summed E-state index contributed by atoms with van der Waals surface area (Å²) in [5, 5.41) is 0. The average molecular weight is 596 g/mol. The first-order valence-electron chi connectivity index (χ1n) is 13.2. The Labute approximate surface area is 235 Å². The minimum atomic E-state index is -4.60. The van der Waals surface area contributed by atoms with Gasteiger partial charge in [0.05, 0.1) is 5.56 Å². The van der Waals surface area contributed by atoms with E-state index >= 15 is 8.78 Å². The van der Waals surface area contributed by atoms with Gasteiger partial charge in [0.1, 0.15) is 23.8 Å². The molecule has 0 amide bonds. The number of anilines is 2. The number of halogens is 5. The molecule has 7 nitrogen and oxygen atoms in total. The fraction of sp³-hybridized carbons (Fsp3) is 0.429. The molecule has 41 heavy (non-hydrogen) atoms. The molecule has 13 heteroatoms. The Bertz CT molecular complexity index is 1490. The summed E-state index contributed by atoms with van der Waals surface area (Å²) in [7, 11) is -0.717. The Hall–Kier alpha value is -3.32.